The summed E-state index contributed by atoms with van der Waals surface area (Å²) in [7, 11) is 0. The lowest BCUT2D eigenvalue weighted by Gasteiger charge is -2.58. The molecule has 0 spiro atoms. The van der Waals surface area contributed by atoms with Gasteiger partial charge in [0.25, 0.3) is 0 Å². The molecule has 4 saturated carbocycles. The SMILES string of the molecule is O=c1[nH]c2ccc(Nc3nccc(NC4C5CC6CC4CC(O)(C6)C5)n3)cc2[nH]1. The van der Waals surface area contributed by atoms with Crippen LogP contribution in [-0.2, 0) is 0 Å². The monoisotopic (exact) mass is 392 g/mol. The molecule has 4 fully saturated rings. The fourth-order valence-corrected chi connectivity index (χ4v) is 6.13. The maximum atomic E-state index is 11.4. The van der Waals surface area contributed by atoms with Crippen LogP contribution in [0.4, 0.5) is 17.5 Å². The minimum Gasteiger partial charge on any atom is -0.390 e. The topological polar surface area (TPSA) is 119 Å². The molecule has 8 heteroatoms. The smallest absolute Gasteiger partial charge is 0.323 e. The molecular weight excluding hydrogens is 368 g/mol. The molecule has 4 bridgehead atoms. The molecule has 2 atom stereocenters. The highest BCUT2D eigenvalue weighted by Crippen LogP contribution is 2.56. The first kappa shape index (κ1) is 17.0. The number of benzene rings is 1. The molecule has 8 nitrogen and oxygen atoms in total. The summed E-state index contributed by atoms with van der Waals surface area (Å²) in [6.45, 7) is 0. The molecular formula is C21H24N6O2. The van der Waals surface area contributed by atoms with E-state index in [0.29, 0.717) is 29.7 Å². The van der Waals surface area contributed by atoms with Crippen molar-refractivity contribution >= 4 is 28.5 Å². The third-order valence-electron chi connectivity index (χ3n) is 6.98. The molecule has 4 aliphatic rings. The van der Waals surface area contributed by atoms with Crippen LogP contribution in [0, 0.1) is 17.8 Å². The Morgan fingerprint density at radius 2 is 1.86 bits per heavy atom. The van der Waals surface area contributed by atoms with Crippen LogP contribution < -0.4 is 16.3 Å². The number of aromatic amines is 2. The van der Waals surface area contributed by atoms with Gasteiger partial charge in [0.1, 0.15) is 5.82 Å². The average Bonchev–Trinajstić information content (AvgIpc) is 3.03. The number of rotatable bonds is 4. The van der Waals surface area contributed by atoms with Crippen molar-refractivity contribution < 1.29 is 5.11 Å². The average molecular weight is 392 g/mol. The molecule has 2 heterocycles. The van der Waals surface area contributed by atoms with Gasteiger partial charge in [-0.1, -0.05) is 0 Å². The highest BCUT2D eigenvalue weighted by Gasteiger charge is 2.54. The van der Waals surface area contributed by atoms with Gasteiger partial charge < -0.3 is 25.7 Å². The Morgan fingerprint density at radius 3 is 2.66 bits per heavy atom. The molecule has 7 rings (SSSR count). The summed E-state index contributed by atoms with van der Waals surface area (Å²) in [4.78, 5) is 25.9. The molecule has 0 amide bonds. The summed E-state index contributed by atoms with van der Waals surface area (Å²) in [5, 5.41) is 17.6. The fraction of sp³-hybridized carbons (Fsp3) is 0.476. The molecule has 150 valence electrons. The third-order valence-corrected chi connectivity index (χ3v) is 6.98. The Kier molecular flexibility index (Phi) is 3.56. The van der Waals surface area contributed by atoms with Crippen LogP contribution in [0.25, 0.3) is 11.0 Å². The Hall–Kier alpha value is -2.87. The Bertz CT molecular complexity index is 1120. The molecule has 3 aromatic rings. The third kappa shape index (κ3) is 2.98. The van der Waals surface area contributed by atoms with Crippen LogP contribution in [0.3, 0.4) is 0 Å². The molecule has 5 N–H and O–H groups in total. The van der Waals surface area contributed by atoms with Crippen LogP contribution in [0.5, 0.6) is 0 Å². The lowest BCUT2D eigenvalue weighted by atomic mass is 9.52. The van der Waals surface area contributed by atoms with E-state index in [4.69, 9.17) is 0 Å². The summed E-state index contributed by atoms with van der Waals surface area (Å²) in [6, 6.07) is 7.86. The number of hydrogen-bond donors (Lipinski definition) is 5. The minimum atomic E-state index is -0.426. The number of imidazole rings is 1. The maximum Gasteiger partial charge on any atom is 0.323 e. The molecule has 0 aliphatic heterocycles. The zero-order valence-corrected chi connectivity index (χ0v) is 16.0. The number of aliphatic hydroxyl groups is 1. The number of anilines is 3. The Balaban J connectivity index is 1.21. The quantitative estimate of drug-likeness (QED) is 0.466. The largest absolute Gasteiger partial charge is 0.390 e. The summed E-state index contributed by atoms with van der Waals surface area (Å²) in [5.74, 6) is 3.04. The van der Waals surface area contributed by atoms with Crippen molar-refractivity contribution in [2.45, 2.75) is 43.7 Å². The van der Waals surface area contributed by atoms with Crippen molar-refractivity contribution in [3.63, 3.8) is 0 Å². The highest BCUT2D eigenvalue weighted by atomic mass is 16.3. The van der Waals surface area contributed by atoms with Gasteiger partial charge in [-0.15, -0.1) is 0 Å². The Labute approximate surface area is 167 Å². The van der Waals surface area contributed by atoms with Crippen molar-refractivity contribution in [1.82, 2.24) is 19.9 Å². The second kappa shape index (κ2) is 6.06. The van der Waals surface area contributed by atoms with Crippen molar-refractivity contribution in [1.29, 1.82) is 0 Å². The second-order valence-electron chi connectivity index (χ2n) is 9.09. The van der Waals surface area contributed by atoms with Gasteiger partial charge in [-0.3, -0.25) is 0 Å². The van der Waals surface area contributed by atoms with E-state index in [1.165, 1.54) is 12.8 Å². The van der Waals surface area contributed by atoms with Crippen LogP contribution in [-0.4, -0.2) is 36.7 Å². The standard InChI is InChI=1S/C21H24N6O2/c28-20-24-15-2-1-14(7-16(15)25-20)23-19-22-4-3-17(27-19)26-18-12-5-11-6-13(18)10-21(29,8-11)9-12/h1-4,7,11-13,18,29H,5-6,8-10H2,(H2,24,25,28)(H2,22,23,26,27). The van der Waals surface area contributed by atoms with Gasteiger partial charge in [0.15, 0.2) is 0 Å². The zero-order valence-electron chi connectivity index (χ0n) is 16.0. The first-order chi connectivity index (χ1) is 14.0. The van der Waals surface area contributed by atoms with Crippen molar-refractivity contribution in [2.24, 2.45) is 17.8 Å². The summed E-state index contributed by atoms with van der Waals surface area (Å²) in [6.07, 6.45) is 6.97. The van der Waals surface area contributed by atoms with Crippen LogP contribution >= 0.6 is 0 Å². The van der Waals surface area contributed by atoms with E-state index in [2.05, 4.69) is 30.6 Å². The molecule has 0 saturated heterocycles. The van der Waals surface area contributed by atoms with Crippen LogP contribution in [0.2, 0.25) is 0 Å². The normalized spacial score (nSPS) is 32.6. The lowest BCUT2D eigenvalue weighted by Crippen LogP contribution is -2.59. The number of nitrogens with zero attached hydrogens (tertiary/aromatic N) is 2. The fourth-order valence-electron chi connectivity index (χ4n) is 6.13. The van der Waals surface area contributed by atoms with Gasteiger partial charge in [0.2, 0.25) is 5.95 Å². The summed E-state index contributed by atoms with van der Waals surface area (Å²) >= 11 is 0. The Morgan fingerprint density at radius 1 is 1.07 bits per heavy atom. The molecule has 2 aromatic heterocycles. The van der Waals surface area contributed by atoms with Gasteiger partial charge in [-0.2, -0.15) is 4.98 Å². The number of nitrogens with one attached hydrogen (secondary N) is 4. The van der Waals surface area contributed by atoms with E-state index in [-0.39, 0.29) is 5.69 Å². The van der Waals surface area contributed by atoms with Gasteiger partial charge in [-0.05, 0) is 74.1 Å². The lowest BCUT2D eigenvalue weighted by molar-refractivity contribution is -0.129. The van der Waals surface area contributed by atoms with Crippen molar-refractivity contribution in [3.8, 4) is 0 Å². The highest BCUT2D eigenvalue weighted by molar-refractivity contribution is 5.79. The number of hydrogen-bond acceptors (Lipinski definition) is 6. The van der Waals surface area contributed by atoms with E-state index < -0.39 is 5.60 Å². The van der Waals surface area contributed by atoms with E-state index in [1.54, 1.807) is 6.20 Å². The maximum absolute atomic E-state index is 11.4. The first-order valence-corrected chi connectivity index (χ1v) is 10.3. The molecule has 1 aromatic carbocycles. The van der Waals surface area contributed by atoms with E-state index in [1.807, 2.05) is 24.3 Å². The molecule has 29 heavy (non-hydrogen) atoms. The van der Waals surface area contributed by atoms with Gasteiger partial charge >= 0.3 is 5.69 Å². The minimum absolute atomic E-state index is 0.222. The van der Waals surface area contributed by atoms with Gasteiger partial charge in [0, 0.05) is 17.9 Å². The predicted molar refractivity (Wildman–Crippen MR) is 110 cm³/mol. The van der Waals surface area contributed by atoms with E-state index >= 15 is 0 Å². The number of aromatic nitrogens is 4. The number of H-pyrrole nitrogens is 2. The van der Waals surface area contributed by atoms with Crippen LogP contribution in [0.15, 0.2) is 35.3 Å². The van der Waals surface area contributed by atoms with E-state index in [9.17, 15) is 9.90 Å². The molecule has 0 radical (unpaired) electrons. The summed E-state index contributed by atoms with van der Waals surface area (Å²) < 4.78 is 0. The van der Waals surface area contributed by atoms with Gasteiger partial charge in [-0.25, -0.2) is 9.78 Å². The predicted octanol–water partition coefficient (Wildman–Crippen LogP) is 2.74. The summed E-state index contributed by atoms with van der Waals surface area (Å²) in [5.41, 5.74) is 1.66. The second-order valence-corrected chi connectivity index (χ2v) is 9.09. The van der Waals surface area contributed by atoms with E-state index in [0.717, 1.165) is 41.8 Å². The van der Waals surface area contributed by atoms with Crippen molar-refractivity contribution in [3.05, 3.63) is 40.9 Å². The first-order valence-electron chi connectivity index (χ1n) is 10.3. The van der Waals surface area contributed by atoms with Crippen molar-refractivity contribution in [2.75, 3.05) is 10.6 Å². The molecule has 4 aliphatic carbocycles. The van der Waals surface area contributed by atoms with Gasteiger partial charge in [0.05, 0.1) is 16.6 Å². The zero-order chi connectivity index (χ0) is 19.6. The van der Waals surface area contributed by atoms with Crippen LogP contribution in [0.1, 0.15) is 32.1 Å². The number of fused-ring (bicyclic) bond motifs is 1. The molecule has 2 unspecified atom stereocenters.